The molecule has 2 N–H and O–H groups in total. The van der Waals surface area contributed by atoms with E-state index in [9.17, 15) is 9.59 Å². The smallest absolute Gasteiger partial charge is 0.307 e. The molecule has 2 bridgehead atoms. The number of allylic oxidation sites excluding steroid dienone is 2. The second-order valence-electron chi connectivity index (χ2n) is 4.02. The normalized spacial score (nSPS) is 39.7. The fourth-order valence-electron chi connectivity index (χ4n) is 2.67. The molecule has 14 heavy (non-hydrogen) atoms. The molecule has 0 aromatic heterocycles. The quantitative estimate of drug-likeness (QED) is 0.646. The Labute approximate surface area is 81.2 Å². The van der Waals surface area contributed by atoms with Gasteiger partial charge in [-0.3, -0.25) is 9.59 Å². The number of rotatable bonds is 2. The Morgan fingerprint density at radius 2 is 1.29 bits per heavy atom. The highest BCUT2D eigenvalue weighted by Crippen LogP contribution is 2.44. The van der Waals surface area contributed by atoms with E-state index in [0.717, 1.165) is 12.8 Å². The number of hydrogen-bond donors (Lipinski definition) is 2. The van der Waals surface area contributed by atoms with E-state index < -0.39 is 23.8 Å². The molecule has 3 rings (SSSR count). The first-order valence-corrected chi connectivity index (χ1v) is 4.75. The third kappa shape index (κ3) is 1.22. The Hall–Kier alpha value is -1.32. The molecule has 0 aromatic carbocycles. The zero-order valence-electron chi connectivity index (χ0n) is 7.59. The van der Waals surface area contributed by atoms with Crippen LogP contribution in [0, 0.1) is 23.7 Å². The SMILES string of the molecule is O=C(O)[C@@H]1[C@@H](C(=O)O)[C@H]2C=C[C@@H]1CC2. The second-order valence-corrected chi connectivity index (χ2v) is 4.02. The van der Waals surface area contributed by atoms with Crippen LogP contribution in [0.2, 0.25) is 0 Å². The Morgan fingerprint density at radius 1 is 0.929 bits per heavy atom. The summed E-state index contributed by atoms with van der Waals surface area (Å²) in [6, 6.07) is 0. The van der Waals surface area contributed by atoms with Gasteiger partial charge < -0.3 is 10.2 Å². The van der Waals surface area contributed by atoms with Crippen LogP contribution in [-0.4, -0.2) is 22.2 Å². The van der Waals surface area contributed by atoms with Crippen LogP contribution in [0.3, 0.4) is 0 Å². The van der Waals surface area contributed by atoms with E-state index in [2.05, 4.69) is 0 Å². The molecule has 0 amide bonds. The maximum Gasteiger partial charge on any atom is 0.307 e. The first-order valence-electron chi connectivity index (χ1n) is 4.75. The van der Waals surface area contributed by atoms with Crippen LogP contribution in [0.4, 0.5) is 0 Å². The van der Waals surface area contributed by atoms with Crippen LogP contribution in [-0.2, 0) is 9.59 Å². The van der Waals surface area contributed by atoms with Gasteiger partial charge in [0.05, 0.1) is 11.8 Å². The topological polar surface area (TPSA) is 74.6 Å². The van der Waals surface area contributed by atoms with E-state index in [1.165, 1.54) is 0 Å². The van der Waals surface area contributed by atoms with Crippen LogP contribution >= 0.6 is 0 Å². The summed E-state index contributed by atoms with van der Waals surface area (Å²) in [5.41, 5.74) is 0. The molecular weight excluding hydrogens is 184 g/mol. The highest BCUT2D eigenvalue weighted by Gasteiger charge is 2.48. The minimum absolute atomic E-state index is 0.0846. The van der Waals surface area contributed by atoms with Crippen LogP contribution < -0.4 is 0 Å². The molecule has 0 aromatic rings. The van der Waals surface area contributed by atoms with Gasteiger partial charge >= 0.3 is 11.9 Å². The van der Waals surface area contributed by atoms with Crippen molar-refractivity contribution in [2.45, 2.75) is 12.8 Å². The van der Waals surface area contributed by atoms with Gasteiger partial charge in [-0.15, -0.1) is 0 Å². The summed E-state index contributed by atoms with van der Waals surface area (Å²) in [5.74, 6) is -3.57. The average Bonchev–Trinajstić information content (AvgIpc) is 2.17. The lowest BCUT2D eigenvalue weighted by Gasteiger charge is -2.40. The van der Waals surface area contributed by atoms with Gasteiger partial charge in [0.25, 0.3) is 0 Å². The molecule has 3 aliphatic carbocycles. The molecule has 1 fully saturated rings. The summed E-state index contributed by atoms with van der Waals surface area (Å²) in [5, 5.41) is 18.0. The van der Waals surface area contributed by atoms with Gasteiger partial charge in [0, 0.05) is 0 Å². The fourth-order valence-corrected chi connectivity index (χ4v) is 2.67. The number of hydrogen-bond acceptors (Lipinski definition) is 2. The number of fused-ring (bicyclic) bond motifs is 2. The average molecular weight is 196 g/mol. The molecule has 0 aliphatic heterocycles. The summed E-state index contributed by atoms with van der Waals surface area (Å²) in [4.78, 5) is 21.9. The fraction of sp³-hybridized carbons (Fsp3) is 0.600. The van der Waals surface area contributed by atoms with Gasteiger partial charge in [-0.05, 0) is 24.7 Å². The number of aliphatic carboxylic acids is 2. The Bertz CT molecular complexity index is 277. The van der Waals surface area contributed by atoms with Crippen molar-refractivity contribution in [2.24, 2.45) is 23.7 Å². The van der Waals surface area contributed by atoms with Crippen molar-refractivity contribution < 1.29 is 19.8 Å². The van der Waals surface area contributed by atoms with E-state index in [1.54, 1.807) is 0 Å². The predicted molar refractivity (Wildman–Crippen MR) is 47.6 cm³/mol. The molecule has 76 valence electrons. The standard InChI is InChI=1S/C10H12O4/c11-9(12)7-5-1-2-6(4-3-5)8(7)10(13)14/h1-2,5-8H,3-4H2,(H,11,12)(H,13,14)/t5-,6+,7-,8-/m0/s1. The van der Waals surface area contributed by atoms with Gasteiger partial charge in [0.15, 0.2) is 0 Å². The van der Waals surface area contributed by atoms with Gasteiger partial charge in [0.2, 0.25) is 0 Å². The molecule has 4 heteroatoms. The van der Waals surface area contributed by atoms with Crippen molar-refractivity contribution in [3.8, 4) is 0 Å². The van der Waals surface area contributed by atoms with Gasteiger partial charge in [-0.25, -0.2) is 0 Å². The lowest BCUT2D eigenvalue weighted by molar-refractivity contribution is -0.160. The molecule has 3 aliphatic rings. The van der Waals surface area contributed by atoms with Crippen LogP contribution in [0.25, 0.3) is 0 Å². The molecule has 1 saturated carbocycles. The highest BCUT2D eigenvalue weighted by molar-refractivity contribution is 5.81. The Kier molecular flexibility index (Phi) is 2.06. The van der Waals surface area contributed by atoms with Crippen molar-refractivity contribution >= 4 is 11.9 Å². The van der Waals surface area contributed by atoms with Gasteiger partial charge in [-0.2, -0.15) is 0 Å². The first kappa shape index (κ1) is 9.24. The molecule has 0 spiro atoms. The van der Waals surface area contributed by atoms with E-state index in [4.69, 9.17) is 10.2 Å². The maximum absolute atomic E-state index is 11.0. The highest BCUT2D eigenvalue weighted by atomic mass is 16.4. The zero-order chi connectivity index (χ0) is 10.3. The molecule has 0 unspecified atom stereocenters. The lowest BCUT2D eigenvalue weighted by atomic mass is 9.62. The van der Waals surface area contributed by atoms with Crippen molar-refractivity contribution in [3.63, 3.8) is 0 Å². The maximum atomic E-state index is 11.0. The number of carbonyl (C=O) groups is 2. The first-order chi connectivity index (χ1) is 6.61. The molecule has 0 heterocycles. The van der Waals surface area contributed by atoms with Crippen LogP contribution in [0.15, 0.2) is 12.2 Å². The third-order valence-electron chi connectivity index (χ3n) is 3.32. The van der Waals surface area contributed by atoms with Crippen molar-refractivity contribution in [1.29, 1.82) is 0 Å². The van der Waals surface area contributed by atoms with E-state index in [0.29, 0.717) is 0 Å². The van der Waals surface area contributed by atoms with Crippen LogP contribution in [0.1, 0.15) is 12.8 Å². The minimum atomic E-state index is -0.976. The van der Waals surface area contributed by atoms with Crippen molar-refractivity contribution in [2.75, 3.05) is 0 Å². The molecule has 4 atom stereocenters. The minimum Gasteiger partial charge on any atom is -0.481 e. The predicted octanol–water partition coefficient (Wildman–Crippen LogP) is 0.984. The van der Waals surface area contributed by atoms with Crippen molar-refractivity contribution in [3.05, 3.63) is 12.2 Å². The largest absolute Gasteiger partial charge is 0.481 e. The summed E-state index contributed by atoms with van der Waals surface area (Å²) >= 11 is 0. The summed E-state index contributed by atoms with van der Waals surface area (Å²) in [6.07, 6.45) is 5.35. The monoisotopic (exact) mass is 196 g/mol. The van der Waals surface area contributed by atoms with E-state index >= 15 is 0 Å². The second kappa shape index (κ2) is 3.12. The van der Waals surface area contributed by atoms with Crippen LogP contribution in [0.5, 0.6) is 0 Å². The molecule has 0 saturated heterocycles. The summed E-state index contributed by atoms with van der Waals surface area (Å²) in [7, 11) is 0. The van der Waals surface area contributed by atoms with Gasteiger partial charge in [0.1, 0.15) is 0 Å². The molecule has 0 radical (unpaired) electrons. The van der Waals surface area contributed by atoms with Gasteiger partial charge in [-0.1, -0.05) is 12.2 Å². The zero-order valence-corrected chi connectivity index (χ0v) is 7.59. The van der Waals surface area contributed by atoms with E-state index in [1.807, 2.05) is 12.2 Å². The number of carboxylic acid groups (broad SMARTS) is 2. The third-order valence-corrected chi connectivity index (χ3v) is 3.32. The summed E-state index contributed by atoms with van der Waals surface area (Å²) in [6.45, 7) is 0. The Morgan fingerprint density at radius 3 is 1.50 bits per heavy atom. The summed E-state index contributed by atoms with van der Waals surface area (Å²) < 4.78 is 0. The lowest BCUT2D eigenvalue weighted by Crippen LogP contribution is -2.45. The van der Waals surface area contributed by atoms with Crippen molar-refractivity contribution in [1.82, 2.24) is 0 Å². The molecular formula is C10H12O4. The van der Waals surface area contributed by atoms with E-state index in [-0.39, 0.29) is 11.8 Å². The Balaban J connectivity index is 2.33. The molecule has 4 nitrogen and oxygen atoms in total. The number of carboxylic acids is 2.